The number of aryl methyl sites for hydroxylation is 2. The number of carboxylic acid groups (broad SMARTS) is 1. The van der Waals surface area contributed by atoms with Crippen LogP contribution in [0.15, 0.2) is 18.3 Å². The summed E-state index contributed by atoms with van der Waals surface area (Å²) in [6.45, 7) is 0. The van der Waals surface area contributed by atoms with E-state index in [-0.39, 0.29) is 5.56 Å². The number of nitrogens with one attached hydrogen (secondary N) is 1. The Kier molecular flexibility index (Phi) is 2.40. The number of H-pyrrole nitrogens is 1. The van der Waals surface area contributed by atoms with Gasteiger partial charge in [0, 0.05) is 11.1 Å². The standard InChI is InChI=1S/C14H11N3O2S/c18-14(19)8-4-5-15-13-11(8)16-12(17-13)10-6-7-2-1-3-9(7)20-10/h4-6H,1-3H2,(H,18,19)(H,15,16,17). The maximum Gasteiger partial charge on any atom is 0.338 e. The molecule has 1 aliphatic rings. The molecule has 0 spiro atoms. The second kappa shape index (κ2) is 4.14. The van der Waals surface area contributed by atoms with Crippen LogP contribution in [0, 0.1) is 0 Å². The second-order valence-corrected chi connectivity index (χ2v) is 6.00. The van der Waals surface area contributed by atoms with Gasteiger partial charge in [-0.05, 0) is 37.0 Å². The smallest absolute Gasteiger partial charge is 0.338 e. The van der Waals surface area contributed by atoms with Gasteiger partial charge in [0.1, 0.15) is 0 Å². The number of carbonyl (C=O) groups is 1. The molecule has 20 heavy (non-hydrogen) atoms. The third kappa shape index (κ3) is 1.65. The average Bonchev–Trinajstić information content (AvgIpc) is 3.10. The molecule has 3 aromatic heterocycles. The fourth-order valence-corrected chi connectivity index (χ4v) is 3.85. The summed E-state index contributed by atoms with van der Waals surface area (Å²) in [6, 6.07) is 3.65. The summed E-state index contributed by atoms with van der Waals surface area (Å²) < 4.78 is 0. The lowest BCUT2D eigenvalue weighted by molar-refractivity contribution is 0.0699. The van der Waals surface area contributed by atoms with Gasteiger partial charge in [0.05, 0.1) is 16.0 Å². The Hall–Kier alpha value is -2.21. The fraction of sp³-hybridized carbons (Fsp3) is 0.214. The van der Waals surface area contributed by atoms with Gasteiger partial charge < -0.3 is 10.1 Å². The lowest BCUT2D eigenvalue weighted by atomic mass is 10.2. The molecule has 0 amide bonds. The van der Waals surface area contributed by atoms with Gasteiger partial charge in [-0.1, -0.05) is 0 Å². The molecule has 0 aliphatic heterocycles. The molecule has 4 rings (SSSR count). The molecule has 0 fully saturated rings. The Balaban J connectivity index is 1.88. The van der Waals surface area contributed by atoms with Gasteiger partial charge in [-0.25, -0.2) is 14.8 Å². The van der Waals surface area contributed by atoms with Gasteiger partial charge in [0.15, 0.2) is 11.5 Å². The molecule has 0 saturated carbocycles. The van der Waals surface area contributed by atoms with Crippen LogP contribution >= 0.6 is 11.3 Å². The number of hydrogen-bond donors (Lipinski definition) is 2. The molecule has 5 nitrogen and oxygen atoms in total. The third-order valence-electron chi connectivity index (χ3n) is 3.60. The molecule has 2 N–H and O–H groups in total. The number of carboxylic acids is 1. The zero-order valence-corrected chi connectivity index (χ0v) is 11.3. The van der Waals surface area contributed by atoms with Crippen molar-refractivity contribution in [3.8, 4) is 10.7 Å². The molecule has 100 valence electrons. The van der Waals surface area contributed by atoms with Gasteiger partial charge in [-0.15, -0.1) is 11.3 Å². The minimum Gasteiger partial charge on any atom is -0.478 e. The Morgan fingerprint density at radius 2 is 2.30 bits per heavy atom. The predicted molar refractivity (Wildman–Crippen MR) is 76.2 cm³/mol. The number of pyridine rings is 1. The summed E-state index contributed by atoms with van der Waals surface area (Å²) in [5, 5.41) is 9.19. The van der Waals surface area contributed by atoms with E-state index in [4.69, 9.17) is 0 Å². The zero-order chi connectivity index (χ0) is 13.7. The fourth-order valence-electron chi connectivity index (χ4n) is 2.65. The van der Waals surface area contributed by atoms with Gasteiger partial charge in [0.2, 0.25) is 0 Å². The lowest BCUT2D eigenvalue weighted by Crippen LogP contribution is -1.97. The summed E-state index contributed by atoms with van der Waals surface area (Å²) in [5.41, 5.74) is 2.55. The van der Waals surface area contributed by atoms with Crippen molar-refractivity contribution in [2.45, 2.75) is 19.3 Å². The Labute approximate surface area is 118 Å². The molecule has 1 aliphatic carbocycles. The van der Waals surface area contributed by atoms with Gasteiger partial charge in [-0.3, -0.25) is 0 Å². The normalized spacial score (nSPS) is 13.8. The summed E-state index contributed by atoms with van der Waals surface area (Å²) in [4.78, 5) is 25.3. The van der Waals surface area contributed by atoms with Crippen molar-refractivity contribution in [3.05, 3.63) is 34.3 Å². The van der Waals surface area contributed by atoms with Gasteiger partial charge in [0.25, 0.3) is 0 Å². The van der Waals surface area contributed by atoms with E-state index in [9.17, 15) is 9.90 Å². The van der Waals surface area contributed by atoms with Crippen molar-refractivity contribution in [3.63, 3.8) is 0 Å². The SMILES string of the molecule is O=C(O)c1ccnc2nc(-c3cc4c(s3)CCC4)[nH]c12. The number of aromatic amines is 1. The quantitative estimate of drug-likeness (QED) is 0.758. The number of nitrogens with zero attached hydrogens (tertiary/aromatic N) is 2. The van der Waals surface area contributed by atoms with Crippen LogP contribution in [0.1, 0.15) is 27.2 Å². The summed E-state index contributed by atoms with van der Waals surface area (Å²) in [7, 11) is 0. The second-order valence-electron chi connectivity index (χ2n) is 4.86. The number of hydrogen-bond acceptors (Lipinski definition) is 4. The molecular formula is C14H11N3O2S. The van der Waals surface area contributed by atoms with E-state index in [1.54, 1.807) is 11.3 Å². The number of aromatic nitrogens is 3. The largest absolute Gasteiger partial charge is 0.478 e. The van der Waals surface area contributed by atoms with Crippen molar-refractivity contribution < 1.29 is 9.90 Å². The highest BCUT2D eigenvalue weighted by Crippen LogP contribution is 2.36. The highest BCUT2D eigenvalue weighted by molar-refractivity contribution is 7.15. The van der Waals surface area contributed by atoms with E-state index >= 15 is 0 Å². The molecular weight excluding hydrogens is 274 g/mol. The molecule has 0 saturated heterocycles. The van der Waals surface area contributed by atoms with E-state index in [1.165, 1.54) is 29.1 Å². The van der Waals surface area contributed by atoms with E-state index in [0.717, 1.165) is 17.7 Å². The lowest BCUT2D eigenvalue weighted by Gasteiger charge is -1.93. The van der Waals surface area contributed by atoms with Gasteiger partial charge in [-0.2, -0.15) is 0 Å². The Morgan fingerprint density at radius 1 is 1.40 bits per heavy atom. The highest BCUT2D eigenvalue weighted by Gasteiger charge is 2.19. The maximum absolute atomic E-state index is 11.2. The third-order valence-corrected chi connectivity index (χ3v) is 4.85. The maximum atomic E-state index is 11.2. The minimum absolute atomic E-state index is 0.206. The van der Waals surface area contributed by atoms with Crippen LogP contribution in [0.5, 0.6) is 0 Å². The Bertz CT molecular complexity index is 813. The van der Waals surface area contributed by atoms with E-state index in [1.807, 2.05) is 0 Å². The van der Waals surface area contributed by atoms with Gasteiger partial charge >= 0.3 is 5.97 Å². The molecule has 6 heteroatoms. The van der Waals surface area contributed by atoms with Crippen LogP contribution in [0.25, 0.3) is 21.9 Å². The summed E-state index contributed by atoms with van der Waals surface area (Å²) in [5.74, 6) is -0.262. The van der Waals surface area contributed by atoms with Crippen molar-refractivity contribution in [2.24, 2.45) is 0 Å². The molecule has 0 atom stereocenters. The first-order valence-corrected chi connectivity index (χ1v) is 7.24. The van der Waals surface area contributed by atoms with E-state index < -0.39 is 5.97 Å². The molecule has 0 radical (unpaired) electrons. The zero-order valence-electron chi connectivity index (χ0n) is 10.5. The van der Waals surface area contributed by atoms with Crippen LogP contribution < -0.4 is 0 Å². The Morgan fingerprint density at radius 3 is 3.10 bits per heavy atom. The predicted octanol–water partition coefficient (Wildman–Crippen LogP) is 2.87. The summed E-state index contributed by atoms with van der Waals surface area (Å²) >= 11 is 1.74. The molecule has 0 aromatic carbocycles. The highest BCUT2D eigenvalue weighted by atomic mass is 32.1. The van der Waals surface area contributed by atoms with E-state index in [2.05, 4.69) is 21.0 Å². The molecule has 3 aromatic rings. The monoisotopic (exact) mass is 285 g/mol. The molecule has 0 unspecified atom stereocenters. The van der Waals surface area contributed by atoms with Crippen LogP contribution in [0.2, 0.25) is 0 Å². The van der Waals surface area contributed by atoms with Crippen molar-refractivity contribution in [1.82, 2.24) is 15.0 Å². The first-order chi connectivity index (χ1) is 9.72. The summed E-state index contributed by atoms with van der Waals surface area (Å²) in [6.07, 6.45) is 4.97. The van der Waals surface area contributed by atoms with Crippen molar-refractivity contribution in [1.29, 1.82) is 0 Å². The molecule has 3 heterocycles. The first-order valence-electron chi connectivity index (χ1n) is 6.42. The molecule has 0 bridgehead atoms. The van der Waals surface area contributed by atoms with Crippen LogP contribution in [0.3, 0.4) is 0 Å². The minimum atomic E-state index is -0.971. The average molecular weight is 285 g/mol. The number of thiophene rings is 1. The van der Waals surface area contributed by atoms with Crippen LogP contribution in [-0.2, 0) is 12.8 Å². The first kappa shape index (κ1) is 11.6. The van der Waals surface area contributed by atoms with Crippen molar-refractivity contribution >= 4 is 28.5 Å². The topological polar surface area (TPSA) is 78.9 Å². The van der Waals surface area contributed by atoms with Crippen LogP contribution in [-0.4, -0.2) is 26.0 Å². The van der Waals surface area contributed by atoms with E-state index in [0.29, 0.717) is 17.0 Å². The van der Waals surface area contributed by atoms with Crippen molar-refractivity contribution in [2.75, 3.05) is 0 Å². The number of imidazole rings is 1. The number of aromatic carboxylic acids is 1. The van der Waals surface area contributed by atoms with Crippen LogP contribution in [0.4, 0.5) is 0 Å². The number of fused-ring (bicyclic) bond motifs is 2. The number of rotatable bonds is 2.